The monoisotopic (exact) mass is 476 g/mol. The highest BCUT2D eigenvalue weighted by molar-refractivity contribution is 5.96. The summed E-state index contributed by atoms with van der Waals surface area (Å²) < 4.78 is 15.7. The second-order valence-corrected chi connectivity index (χ2v) is 8.26. The van der Waals surface area contributed by atoms with Crippen LogP contribution < -0.4 is 15.0 Å². The zero-order valence-electron chi connectivity index (χ0n) is 20.6. The maximum Gasteiger partial charge on any atom is 0.339 e. The van der Waals surface area contributed by atoms with Crippen LogP contribution in [-0.4, -0.2) is 52.9 Å². The zero-order valence-corrected chi connectivity index (χ0v) is 20.6. The molecular weight excluding hydrogens is 444 g/mol. The maximum absolute atomic E-state index is 12.4. The fourth-order valence-electron chi connectivity index (χ4n) is 3.63. The summed E-state index contributed by atoms with van der Waals surface area (Å²) in [4.78, 5) is 26.6. The van der Waals surface area contributed by atoms with Crippen LogP contribution in [0.2, 0.25) is 0 Å². The van der Waals surface area contributed by atoms with E-state index in [1.165, 1.54) is 25.5 Å². The minimum atomic E-state index is -0.678. The highest BCUT2D eigenvalue weighted by atomic mass is 16.5. The fraction of sp³-hybridized carbons (Fsp3) is 0.286. The van der Waals surface area contributed by atoms with Crippen LogP contribution in [0, 0.1) is 0 Å². The topological polar surface area (TPSA) is 77.1 Å². The van der Waals surface area contributed by atoms with Crippen LogP contribution in [0.4, 0.5) is 11.4 Å². The van der Waals surface area contributed by atoms with Crippen molar-refractivity contribution in [3.05, 3.63) is 89.5 Å². The van der Waals surface area contributed by atoms with Gasteiger partial charge in [0.15, 0.2) is 0 Å². The Balaban J connectivity index is 1.60. The van der Waals surface area contributed by atoms with Crippen molar-refractivity contribution in [2.24, 2.45) is 0 Å². The number of anilines is 2. The number of carbonyl (C=O) groups excluding carboxylic acids is 2. The number of hydrogen-bond donors (Lipinski definition) is 1. The summed E-state index contributed by atoms with van der Waals surface area (Å²) in [6, 6.07) is 22.3. The van der Waals surface area contributed by atoms with Gasteiger partial charge in [-0.2, -0.15) is 0 Å². The molecule has 0 aliphatic carbocycles. The molecule has 3 aromatic rings. The molecule has 7 nitrogen and oxygen atoms in total. The molecule has 0 aromatic heterocycles. The summed E-state index contributed by atoms with van der Waals surface area (Å²) in [7, 11) is 6.70. The van der Waals surface area contributed by atoms with Crippen molar-refractivity contribution >= 4 is 23.3 Å². The number of hydrogen-bond acceptors (Lipinski definition) is 7. The molecule has 0 aliphatic rings. The molecule has 3 aromatic carbocycles. The average molecular weight is 477 g/mol. The third-order valence-electron chi connectivity index (χ3n) is 5.62. The summed E-state index contributed by atoms with van der Waals surface area (Å²) in [5.74, 6) is -0.144. The van der Waals surface area contributed by atoms with Crippen LogP contribution in [0.5, 0.6) is 5.75 Å². The quantitative estimate of drug-likeness (QED) is 0.412. The van der Waals surface area contributed by atoms with Gasteiger partial charge in [0.2, 0.25) is 0 Å². The number of carbonyl (C=O) groups is 2. The van der Waals surface area contributed by atoms with Crippen LogP contribution >= 0.6 is 0 Å². The van der Waals surface area contributed by atoms with Gasteiger partial charge in [0.05, 0.1) is 26.4 Å². The first-order valence-electron chi connectivity index (χ1n) is 11.4. The van der Waals surface area contributed by atoms with Gasteiger partial charge in [-0.15, -0.1) is 0 Å². The van der Waals surface area contributed by atoms with Gasteiger partial charge < -0.3 is 24.4 Å². The highest BCUT2D eigenvalue weighted by Gasteiger charge is 2.22. The number of nitrogens with zero attached hydrogens (tertiary/aromatic N) is 1. The van der Waals surface area contributed by atoms with E-state index in [2.05, 4.69) is 34.5 Å². The molecule has 1 atom stereocenters. The Labute approximate surface area is 206 Å². The van der Waals surface area contributed by atoms with Gasteiger partial charge in [-0.05, 0) is 47.5 Å². The van der Waals surface area contributed by atoms with Gasteiger partial charge in [-0.1, -0.05) is 36.4 Å². The minimum absolute atomic E-state index is 0.351. The van der Waals surface area contributed by atoms with Crippen LogP contribution in [0.3, 0.4) is 0 Å². The molecule has 0 aliphatic heterocycles. The van der Waals surface area contributed by atoms with Gasteiger partial charge in [0.25, 0.3) is 0 Å². The van der Waals surface area contributed by atoms with E-state index in [-0.39, 0.29) is 0 Å². The smallest absolute Gasteiger partial charge is 0.339 e. The van der Waals surface area contributed by atoms with E-state index < -0.39 is 18.0 Å². The lowest BCUT2D eigenvalue weighted by atomic mass is 10.0. The Bertz CT molecular complexity index is 1110. The Morgan fingerprint density at radius 1 is 0.857 bits per heavy atom. The van der Waals surface area contributed by atoms with Crippen molar-refractivity contribution in [1.29, 1.82) is 0 Å². The summed E-state index contributed by atoms with van der Waals surface area (Å²) in [5.41, 5.74) is 4.16. The predicted octanol–water partition coefficient (Wildman–Crippen LogP) is 4.36. The predicted molar refractivity (Wildman–Crippen MR) is 137 cm³/mol. The standard InChI is InChI=1S/C28H32N2O5/c1-30(2)22-13-9-20(10-14-22)17-18-35-23-15-11-21(12-16-23)19-26(28(32)34-4)29-25-8-6-5-7-24(25)27(31)33-3/h5-16,26,29H,17-19H2,1-4H3. The summed E-state index contributed by atoms with van der Waals surface area (Å²) in [6.45, 7) is 0.567. The average Bonchev–Trinajstić information content (AvgIpc) is 2.89. The normalized spacial score (nSPS) is 11.3. The first-order valence-corrected chi connectivity index (χ1v) is 11.4. The van der Waals surface area contributed by atoms with E-state index >= 15 is 0 Å². The van der Waals surface area contributed by atoms with E-state index in [0.29, 0.717) is 24.3 Å². The summed E-state index contributed by atoms with van der Waals surface area (Å²) in [6.07, 6.45) is 1.18. The van der Waals surface area contributed by atoms with Gasteiger partial charge in [-0.25, -0.2) is 9.59 Å². The van der Waals surface area contributed by atoms with E-state index in [4.69, 9.17) is 14.2 Å². The lowest BCUT2D eigenvalue weighted by molar-refractivity contribution is -0.141. The number of para-hydroxylation sites is 1. The van der Waals surface area contributed by atoms with Crippen LogP contribution in [0.25, 0.3) is 0 Å². The number of ether oxygens (including phenoxy) is 3. The SMILES string of the molecule is COC(=O)c1ccccc1NC(Cc1ccc(OCCc2ccc(N(C)C)cc2)cc1)C(=O)OC. The third kappa shape index (κ3) is 7.24. The lowest BCUT2D eigenvalue weighted by Gasteiger charge is -2.19. The van der Waals surface area contributed by atoms with E-state index in [9.17, 15) is 9.59 Å². The van der Waals surface area contributed by atoms with Crippen molar-refractivity contribution in [2.45, 2.75) is 18.9 Å². The van der Waals surface area contributed by atoms with Crippen LogP contribution in [0.15, 0.2) is 72.8 Å². The van der Waals surface area contributed by atoms with Crippen molar-refractivity contribution in [1.82, 2.24) is 0 Å². The number of nitrogens with one attached hydrogen (secondary N) is 1. The number of benzene rings is 3. The molecule has 184 valence electrons. The first kappa shape index (κ1) is 25.6. The van der Waals surface area contributed by atoms with Crippen molar-refractivity contribution in [3.8, 4) is 5.75 Å². The van der Waals surface area contributed by atoms with Crippen molar-refractivity contribution in [3.63, 3.8) is 0 Å². The summed E-state index contributed by atoms with van der Waals surface area (Å²) >= 11 is 0. The molecule has 0 saturated heterocycles. The molecule has 1 N–H and O–H groups in total. The van der Waals surface area contributed by atoms with Gasteiger partial charge in [0, 0.05) is 38.3 Å². The maximum atomic E-state index is 12.4. The highest BCUT2D eigenvalue weighted by Crippen LogP contribution is 2.20. The van der Waals surface area contributed by atoms with Gasteiger partial charge >= 0.3 is 11.9 Å². The third-order valence-corrected chi connectivity index (χ3v) is 5.62. The number of esters is 2. The van der Waals surface area contributed by atoms with Crippen molar-refractivity contribution < 1.29 is 23.8 Å². The molecule has 35 heavy (non-hydrogen) atoms. The Hall–Kier alpha value is -4.00. The molecule has 0 radical (unpaired) electrons. The molecule has 7 heteroatoms. The summed E-state index contributed by atoms with van der Waals surface area (Å²) in [5, 5.41) is 3.13. The van der Waals surface area contributed by atoms with E-state index in [1.54, 1.807) is 24.3 Å². The van der Waals surface area contributed by atoms with Crippen LogP contribution in [-0.2, 0) is 27.1 Å². The largest absolute Gasteiger partial charge is 0.493 e. The molecule has 0 bridgehead atoms. The molecule has 1 unspecified atom stereocenters. The molecule has 3 rings (SSSR count). The second kappa shape index (κ2) is 12.5. The zero-order chi connectivity index (χ0) is 25.2. The van der Waals surface area contributed by atoms with E-state index in [1.807, 2.05) is 38.4 Å². The molecule has 0 saturated carbocycles. The van der Waals surface area contributed by atoms with Gasteiger partial charge in [0.1, 0.15) is 11.8 Å². The molecule has 0 spiro atoms. The number of methoxy groups -OCH3 is 2. The second-order valence-electron chi connectivity index (χ2n) is 8.26. The lowest BCUT2D eigenvalue weighted by Crippen LogP contribution is -2.33. The first-order chi connectivity index (χ1) is 16.9. The Morgan fingerprint density at radius 2 is 1.51 bits per heavy atom. The molecule has 0 amide bonds. The molecule has 0 heterocycles. The fourth-order valence-corrected chi connectivity index (χ4v) is 3.63. The van der Waals surface area contributed by atoms with E-state index in [0.717, 1.165) is 17.7 Å². The Kier molecular flexibility index (Phi) is 9.12. The minimum Gasteiger partial charge on any atom is -0.493 e. The van der Waals surface area contributed by atoms with Crippen molar-refractivity contribution in [2.75, 3.05) is 45.1 Å². The molecule has 0 fully saturated rings. The van der Waals surface area contributed by atoms with Gasteiger partial charge in [-0.3, -0.25) is 0 Å². The number of rotatable bonds is 11. The molecular formula is C28H32N2O5. The Morgan fingerprint density at radius 3 is 2.14 bits per heavy atom. The van der Waals surface area contributed by atoms with Crippen LogP contribution in [0.1, 0.15) is 21.5 Å².